The third-order valence-corrected chi connectivity index (χ3v) is 3.46. The Bertz CT molecular complexity index is 664. The standard InChI is InChI=1S/C19H22O5/c1-4-14-9-11-15(12-10-14)23-13-16-17(22-5-2)7-6-8-18(16)24-19(20)21-3/h6-12H,4-5,13H2,1-3H3. The van der Waals surface area contributed by atoms with Crippen molar-refractivity contribution < 1.29 is 23.7 Å². The van der Waals surface area contributed by atoms with Crippen LogP contribution >= 0.6 is 0 Å². The van der Waals surface area contributed by atoms with E-state index in [-0.39, 0.29) is 6.61 Å². The van der Waals surface area contributed by atoms with Gasteiger partial charge in [0.25, 0.3) is 0 Å². The van der Waals surface area contributed by atoms with Crippen molar-refractivity contribution in [3.63, 3.8) is 0 Å². The van der Waals surface area contributed by atoms with E-state index < -0.39 is 6.16 Å². The predicted molar refractivity (Wildman–Crippen MR) is 90.8 cm³/mol. The zero-order chi connectivity index (χ0) is 17.4. The van der Waals surface area contributed by atoms with Gasteiger partial charge in [0.15, 0.2) is 0 Å². The molecule has 2 aromatic rings. The minimum Gasteiger partial charge on any atom is -0.493 e. The fraction of sp³-hybridized carbons (Fsp3) is 0.316. The molecule has 2 rings (SSSR count). The van der Waals surface area contributed by atoms with Gasteiger partial charge in [-0.2, -0.15) is 0 Å². The lowest BCUT2D eigenvalue weighted by Crippen LogP contribution is -2.11. The highest BCUT2D eigenvalue weighted by molar-refractivity contribution is 5.65. The van der Waals surface area contributed by atoms with Gasteiger partial charge in [-0.25, -0.2) is 4.79 Å². The minimum atomic E-state index is -0.780. The normalized spacial score (nSPS) is 10.1. The Morgan fingerprint density at radius 1 is 0.958 bits per heavy atom. The maximum Gasteiger partial charge on any atom is 0.513 e. The van der Waals surface area contributed by atoms with Crippen LogP contribution in [-0.4, -0.2) is 19.9 Å². The number of carbonyl (C=O) groups is 1. The summed E-state index contributed by atoms with van der Waals surface area (Å²) in [6.07, 6.45) is 0.196. The molecule has 0 aromatic heterocycles. The number of hydrogen-bond acceptors (Lipinski definition) is 5. The van der Waals surface area contributed by atoms with Crippen molar-refractivity contribution in [1.82, 2.24) is 0 Å². The van der Waals surface area contributed by atoms with Gasteiger partial charge in [0.05, 0.1) is 19.3 Å². The van der Waals surface area contributed by atoms with Crippen molar-refractivity contribution in [2.24, 2.45) is 0 Å². The number of carbonyl (C=O) groups excluding carboxylic acids is 1. The van der Waals surface area contributed by atoms with Crippen molar-refractivity contribution in [3.05, 3.63) is 53.6 Å². The molecule has 0 aliphatic rings. The van der Waals surface area contributed by atoms with E-state index in [2.05, 4.69) is 11.7 Å². The van der Waals surface area contributed by atoms with Crippen LogP contribution in [0.15, 0.2) is 42.5 Å². The summed E-state index contributed by atoms with van der Waals surface area (Å²) < 4.78 is 21.2. The van der Waals surface area contributed by atoms with E-state index in [4.69, 9.17) is 14.2 Å². The molecular formula is C19H22O5. The zero-order valence-electron chi connectivity index (χ0n) is 14.2. The van der Waals surface area contributed by atoms with Crippen LogP contribution in [0, 0.1) is 0 Å². The van der Waals surface area contributed by atoms with Gasteiger partial charge in [0.2, 0.25) is 0 Å². The molecule has 5 nitrogen and oxygen atoms in total. The Balaban J connectivity index is 2.19. The summed E-state index contributed by atoms with van der Waals surface area (Å²) in [4.78, 5) is 11.4. The molecular weight excluding hydrogens is 308 g/mol. The number of rotatable bonds is 7. The topological polar surface area (TPSA) is 54.0 Å². The van der Waals surface area contributed by atoms with Crippen LogP contribution in [0.5, 0.6) is 17.2 Å². The number of methoxy groups -OCH3 is 1. The van der Waals surface area contributed by atoms with Crippen LogP contribution in [0.4, 0.5) is 4.79 Å². The third-order valence-electron chi connectivity index (χ3n) is 3.46. The lowest BCUT2D eigenvalue weighted by molar-refractivity contribution is 0.120. The number of aryl methyl sites for hydroxylation is 1. The molecule has 24 heavy (non-hydrogen) atoms. The second-order valence-corrected chi connectivity index (χ2v) is 5.01. The molecule has 0 aliphatic carbocycles. The fourth-order valence-corrected chi connectivity index (χ4v) is 2.18. The first-order valence-corrected chi connectivity index (χ1v) is 7.90. The van der Waals surface area contributed by atoms with Crippen LogP contribution in [0.1, 0.15) is 25.0 Å². The molecule has 0 saturated heterocycles. The maximum absolute atomic E-state index is 11.4. The van der Waals surface area contributed by atoms with E-state index >= 15 is 0 Å². The molecule has 0 bridgehead atoms. The van der Waals surface area contributed by atoms with Crippen molar-refractivity contribution in [3.8, 4) is 17.2 Å². The first-order valence-electron chi connectivity index (χ1n) is 7.90. The van der Waals surface area contributed by atoms with Crippen molar-refractivity contribution in [2.45, 2.75) is 26.9 Å². The largest absolute Gasteiger partial charge is 0.513 e. The average molecular weight is 330 g/mol. The van der Waals surface area contributed by atoms with Gasteiger partial charge in [-0.05, 0) is 43.2 Å². The highest BCUT2D eigenvalue weighted by Gasteiger charge is 2.15. The summed E-state index contributed by atoms with van der Waals surface area (Å²) in [6.45, 7) is 4.71. The van der Waals surface area contributed by atoms with Gasteiger partial charge in [-0.1, -0.05) is 25.1 Å². The first-order chi connectivity index (χ1) is 11.7. The van der Waals surface area contributed by atoms with Gasteiger partial charge in [-0.15, -0.1) is 0 Å². The molecule has 0 aliphatic heterocycles. The molecule has 0 saturated carbocycles. The highest BCUT2D eigenvalue weighted by atomic mass is 16.7. The lowest BCUT2D eigenvalue weighted by atomic mass is 10.1. The molecule has 0 unspecified atom stereocenters. The fourth-order valence-electron chi connectivity index (χ4n) is 2.18. The molecule has 0 amide bonds. The van der Waals surface area contributed by atoms with E-state index in [1.54, 1.807) is 12.1 Å². The molecule has 0 fully saturated rings. The Labute approximate surface area is 142 Å². The van der Waals surface area contributed by atoms with E-state index in [0.29, 0.717) is 23.7 Å². The van der Waals surface area contributed by atoms with Crippen molar-refractivity contribution in [1.29, 1.82) is 0 Å². The maximum atomic E-state index is 11.4. The van der Waals surface area contributed by atoms with E-state index in [0.717, 1.165) is 12.2 Å². The molecule has 0 atom stereocenters. The summed E-state index contributed by atoms with van der Waals surface area (Å²) in [6, 6.07) is 13.1. The minimum absolute atomic E-state index is 0.216. The summed E-state index contributed by atoms with van der Waals surface area (Å²) >= 11 is 0. The zero-order valence-corrected chi connectivity index (χ0v) is 14.2. The van der Waals surface area contributed by atoms with Gasteiger partial charge in [0, 0.05) is 0 Å². The Morgan fingerprint density at radius 3 is 2.29 bits per heavy atom. The molecule has 2 aromatic carbocycles. The van der Waals surface area contributed by atoms with Crippen LogP contribution in [0.3, 0.4) is 0 Å². The van der Waals surface area contributed by atoms with E-state index in [1.165, 1.54) is 12.7 Å². The summed E-state index contributed by atoms with van der Waals surface area (Å²) in [5, 5.41) is 0. The van der Waals surface area contributed by atoms with Gasteiger partial charge in [0.1, 0.15) is 23.9 Å². The van der Waals surface area contributed by atoms with Gasteiger partial charge in [-0.3, -0.25) is 0 Å². The number of benzene rings is 2. The second-order valence-electron chi connectivity index (χ2n) is 5.01. The molecule has 0 N–H and O–H groups in total. The average Bonchev–Trinajstić information content (AvgIpc) is 2.61. The monoisotopic (exact) mass is 330 g/mol. The number of hydrogen-bond donors (Lipinski definition) is 0. The van der Waals surface area contributed by atoms with Crippen molar-refractivity contribution >= 4 is 6.16 Å². The Kier molecular flexibility index (Phi) is 6.49. The second kappa shape index (κ2) is 8.82. The van der Waals surface area contributed by atoms with Crippen LogP contribution in [-0.2, 0) is 17.8 Å². The third kappa shape index (κ3) is 4.65. The van der Waals surface area contributed by atoms with Gasteiger partial charge < -0.3 is 18.9 Å². The van der Waals surface area contributed by atoms with E-state index in [9.17, 15) is 4.79 Å². The SMILES string of the molecule is CCOc1cccc(OC(=O)OC)c1COc1ccc(CC)cc1. The predicted octanol–water partition coefficient (Wildman–Crippen LogP) is 4.37. The van der Waals surface area contributed by atoms with Crippen molar-refractivity contribution in [2.75, 3.05) is 13.7 Å². The number of ether oxygens (including phenoxy) is 4. The smallest absolute Gasteiger partial charge is 0.493 e. The first kappa shape index (κ1) is 17.7. The molecule has 0 heterocycles. The quantitative estimate of drug-likeness (QED) is 0.557. The molecule has 128 valence electrons. The molecule has 5 heteroatoms. The highest BCUT2D eigenvalue weighted by Crippen LogP contribution is 2.30. The molecule has 0 spiro atoms. The summed E-state index contributed by atoms with van der Waals surface area (Å²) in [5.41, 5.74) is 1.90. The van der Waals surface area contributed by atoms with E-state index in [1.807, 2.05) is 37.3 Å². The van der Waals surface area contributed by atoms with Crippen LogP contribution < -0.4 is 14.2 Å². The summed E-state index contributed by atoms with van der Waals surface area (Å²) in [5.74, 6) is 1.71. The Morgan fingerprint density at radius 2 is 1.67 bits per heavy atom. The van der Waals surface area contributed by atoms with Crippen LogP contribution in [0.25, 0.3) is 0 Å². The van der Waals surface area contributed by atoms with Crippen LogP contribution in [0.2, 0.25) is 0 Å². The summed E-state index contributed by atoms with van der Waals surface area (Å²) in [7, 11) is 1.26. The lowest BCUT2D eigenvalue weighted by Gasteiger charge is -2.15. The van der Waals surface area contributed by atoms with Gasteiger partial charge >= 0.3 is 6.16 Å². The Hall–Kier alpha value is -2.69. The molecule has 0 radical (unpaired) electrons.